The summed E-state index contributed by atoms with van der Waals surface area (Å²) in [5.74, 6) is -0.371. The van der Waals surface area contributed by atoms with E-state index in [1.807, 2.05) is 4.90 Å². The number of hydrogen-bond acceptors (Lipinski definition) is 5. The van der Waals surface area contributed by atoms with E-state index in [9.17, 15) is 22.8 Å². The van der Waals surface area contributed by atoms with Gasteiger partial charge in [-0.05, 0) is 61.7 Å². The van der Waals surface area contributed by atoms with Crippen molar-refractivity contribution in [2.24, 2.45) is 0 Å². The first-order chi connectivity index (χ1) is 17.6. The summed E-state index contributed by atoms with van der Waals surface area (Å²) in [5, 5.41) is 0.496. The number of benzene rings is 2. The second-order valence-electron chi connectivity index (χ2n) is 9.19. The van der Waals surface area contributed by atoms with Gasteiger partial charge < -0.3 is 24.0 Å². The van der Waals surface area contributed by atoms with Gasteiger partial charge in [-0.25, -0.2) is 0 Å². The van der Waals surface area contributed by atoms with Crippen LogP contribution in [0.4, 0.5) is 13.2 Å². The van der Waals surface area contributed by atoms with E-state index in [0.717, 1.165) is 31.4 Å². The molecule has 0 radical (unpaired) electrons. The first-order valence-electron chi connectivity index (χ1n) is 12.1. The minimum absolute atomic E-state index is 0.00899. The van der Waals surface area contributed by atoms with Gasteiger partial charge in [0.15, 0.2) is 0 Å². The molecule has 0 bridgehead atoms. The number of piperidine rings is 1. The first kappa shape index (κ1) is 27.1. The largest absolute Gasteiger partial charge is 0.573 e. The Hall–Kier alpha value is -2.98. The zero-order valence-electron chi connectivity index (χ0n) is 20.1. The maximum Gasteiger partial charge on any atom is 0.573 e. The van der Waals surface area contributed by atoms with E-state index >= 15 is 0 Å². The molecular formula is C26H28ClF3N2O5. The number of hydrogen-bond donors (Lipinski definition) is 0. The number of likely N-dealkylation sites (tertiary alicyclic amines) is 1. The Morgan fingerprint density at radius 2 is 1.70 bits per heavy atom. The van der Waals surface area contributed by atoms with Crippen LogP contribution in [0.2, 0.25) is 5.02 Å². The third-order valence-corrected chi connectivity index (χ3v) is 6.59. The summed E-state index contributed by atoms with van der Waals surface area (Å²) < 4.78 is 53.4. The predicted molar refractivity (Wildman–Crippen MR) is 130 cm³/mol. The molecule has 2 saturated heterocycles. The standard InChI is InChI=1S/C26H28ClF3N2O5/c27-20-5-4-6-22(15-20)35-18-25(16-23(33)31-11-2-1-3-12-31)17-32(13-14-36-25)24(34)19-7-9-21(10-8-19)37-26(28,29)30/h4-10,15H,1-3,11-14,16-18H2/t25-/m1/s1. The zero-order chi connectivity index (χ0) is 26.5. The van der Waals surface area contributed by atoms with Gasteiger partial charge in [0, 0.05) is 30.2 Å². The summed E-state index contributed by atoms with van der Waals surface area (Å²) in [5.41, 5.74) is -0.909. The average molecular weight is 541 g/mol. The lowest BCUT2D eigenvalue weighted by Gasteiger charge is -2.43. The number of carbonyl (C=O) groups excluding carboxylic acids is 2. The molecule has 2 heterocycles. The Balaban J connectivity index is 1.50. The first-order valence-corrected chi connectivity index (χ1v) is 12.5. The van der Waals surface area contributed by atoms with Crippen LogP contribution in [0.15, 0.2) is 48.5 Å². The number of nitrogens with zero attached hydrogens (tertiary/aromatic N) is 2. The molecule has 7 nitrogen and oxygen atoms in total. The fourth-order valence-corrected chi connectivity index (χ4v) is 4.73. The van der Waals surface area contributed by atoms with Crippen molar-refractivity contribution in [1.29, 1.82) is 0 Å². The Labute approximate surface area is 218 Å². The highest BCUT2D eigenvalue weighted by Crippen LogP contribution is 2.29. The fourth-order valence-electron chi connectivity index (χ4n) is 4.55. The van der Waals surface area contributed by atoms with Crippen molar-refractivity contribution in [2.45, 2.75) is 37.6 Å². The molecule has 2 aliphatic heterocycles. The van der Waals surface area contributed by atoms with Crippen molar-refractivity contribution in [2.75, 3.05) is 39.4 Å². The molecule has 2 aliphatic rings. The van der Waals surface area contributed by atoms with Crippen molar-refractivity contribution in [3.05, 3.63) is 59.1 Å². The van der Waals surface area contributed by atoms with E-state index in [0.29, 0.717) is 23.9 Å². The van der Waals surface area contributed by atoms with Crippen molar-refractivity contribution >= 4 is 23.4 Å². The van der Waals surface area contributed by atoms with Crippen LogP contribution in [0.25, 0.3) is 0 Å². The molecule has 0 aliphatic carbocycles. The van der Waals surface area contributed by atoms with Crippen molar-refractivity contribution in [1.82, 2.24) is 9.80 Å². The highest BCUT2D eigenvalue weighted by atomic mass is 35.5. The number of halogens is 4. The monoisotopic (exact) mass is 540 g/mol. The van der Waals surface area contributed by atoms with Crippen LogP contribution in [0, 0.1) is 0 Å². The van der Waals surface area contributed by atoms with Gasteiger partial charge in [0.25, 0.3) is 5.91 Å². The molecule has 2 amide bonds. The lowest BCUT2D eigenvalue weighted by atomic mass is 9.95. The molecule has 200 valence electrons. The number of rotatable bonds is 7. The lowest BCUT2D eigenvalue weighted by molar-refractivity contribution is -0.274. The Kier molecular flexibility index (Phi) is 8.49. The maximum atomic E-state index is 13.2. The third-order valence-electron chi connectivity index (χ3n) is 6.35. The van der Waals surface area contributed by atoms with Gasteiger partial charge in [-0.2, -0.15) is 0 Å². The van der Waals surface area contributed by atoms with Gasteiger partial charge in [-0.1, -0.05) is 17.7 Å². The molecule has 2 fully saturated rings. The number of morpholine rings is 1. The summed E-state index contributed by atoms with van der Waals surface area (Å²) in [4.78, 5) is 29.8. The molecule has 0 N–H and O–H groups in total. The van der Waals surface area contributed by atoms with Crippen molar-refractivity contribution in [3.63, 3.8) is 0 Å². The molecule has 0 aromatic heterocycles. The quantitative estimate of drug-likeness (QED) is 0.498. The normalized spacial score (nSPS) is 20.4. The van der Waals surface area contributed by atoms with Crippen LogP contribution in [0.3, 0.4) is 0 Å². The average Bonchev–Trinajstić information content (AvgIpc) is 2.87. The van der Waals surface area contributed by atoms with Gasteiger partial charge in [-0.3, -0.25) is 9.59 Å². The molecule has 2 aromatic rings. The maximum absolute atomic E-state index is 13.2. The summed E-state index contributed by atoms with van der Waals surface area (Å²) in [7, 11) is 0. The minimum Gasteiger partial charge on any atom is -0.490 e. The van der Waals surface area contributed by atoms with E-state index in [-0.39, 0.29) is 50.1 Å². The van der Waals surface area contributed by atoms with Gasteiger partial charge in [0.1, 0.15) is 23.7 Å². The topological polar surface area (TPSA) is 68.3 Å². The smallest absolute Gasteiger partial charge is 0.490 e. The number of amides is 2. The van der Waals surface area contributed by atoms with Crippen molar-refractivity contribution in [3.8, 4) is 11.5 Å². The van der Waals surface area contributed by atoms with Crippen LogP contribution in [0.5, 0.6) is 11.5 Å². The van der Waals surface area contributed by atoms with Gasteiger partial charge in [-0.15, -0.1) is 13.2 Å². The molecular weight excluding hydrogens is 513 g/mol. The SMILES string of the molecule is O=C(C[C@]1(COc2cccc(Cl)c2)CN(C(=O)c2ccc(OC(F)(F)F)cc2)CCO1)N1CCCCC1. The van der Waals surface area contributed by atoms with Gasteiger partial charge in [0.05, 0.1) is 19.6 Å². The van der Waals surface area contributed by atoms with Gasteiger partial charge in [0.2, 0.25) is 5.91 Å². The molecule has 4 rings (SSSR count). The molecule has 0 unspecified atom stereocenters. The molecule has 2 aromatic carbocycles. The van der Waals surface area contributed by atoms with Crippen LogP contribution >= 0.6 is 11.6 Å². The second-order valence-corrected chi connectivity index (χ2v) is 9.63. The molecule has 1 atom stereocenters. The minimum atomic E-state index is -4.82. The van der Waals surface area contributed by atoms with E-state index in [1.54, 1.807) is 24.3 Å². The molecule has 37 heavy (non-hydrogen) atoms. The predicted octanol–water partition coefficient (Wildman–Crippen LogP) is 4.93. The fraction of sp³-hybridized carbons (Fsp3) is 0.462. The van der Waals surface area contributed by atoms with E-state index in [1.165, 1.54) is 17.0 Å². The lowest BCUT2D eigenvalue weighted by Crippen LogP contribution is -2.58. The van der Waals surface area contributed by atoms with Crippen molar-refractivity contribution < 1.29 is 37.0 Å². The number of ether oxygens (including phenoxy) is 3. The van der Waals surface area contributed by atoms with Crippen LogP contribution < -0.4 is 9.47 Å². The van der Waals surface area contributed by atoms with E-state index in [2.05, 4.69) is 4.74 Å². The Bertz CT molecular complexity index is 1090. The Morgan fingerprint density at radius 3 is 2.38 bits per heavy atom. The molecule has 0 spiro atoms. The zero-order valence-corrected chi connectivity index (χ0v) is 20.9. The summed E-state index contributed by atoms with van der Waals surface area (Å²) in [6.07, 6.45) is -1.83. The summed E-state index contributed by atoms with van der Waals surface area (Å²) in [6, 6.07) is 11.6. The summed E-state index contributed by atoms with van der Waals surface area (Å²) in [6.45, 7) is 1.88. The number of alkyl halides is 3. The van der Waals surface area contributed by atoms with E-state index < -0.39 is 17.7 Å². The molecule has 0 saturated carbocycles. The Morgan fingerprint density at radius 1 is 0.973 bits per heavy atom. The van der Waals surface area contributed by atoms with Crippen LogP contribution in [0.1, 0.15) is 36.0 Å². The van der Waals surface area contributed by atoms with Crippen LogP contribution in [-0.2, 0) is 9.53 Å². The summed E-state index contributed by atoms with van der Waals surface area (Å²) >= 11 is 6.07. The highest BCUT2D eigenvalue weighted by Gasteiger charge is 2.42. The van der Waals surface area contributed by atoms with E-state index in [4.69, 9.17) is 21.1 Å². The molecule has 11 heteroatoms. The number of carbonyl (C=O) groups is 2. The third kappa shape index (κ3) is 7.52. The second kappa shape index (κ2) is 11.6. The van der Waals surface area contributed by atoms with Gasteiger partial charge >= 0.3 is 6.36 Å². The highest BCUT2D eigenvalue weighted by molar-refractivity contribution is 6.30. The van der Waals surface area contributed by atoms with Crippen LogP contribution in [-0.4, -0.2) is 73.0 Å².